The molecule has 0 heterocycles. The molecule has 0 radical (unpaired) electrons. The molecule has 0 saturated carbocycles. The van der Waals surface area contributed by atoms with Crippen LogP contribution in [0.5, 0.6) is 0 Å². The van der Waals surface area contributed by atoms with E-state index in [2.05, 4.69) is 0 Å². The Kier molecular flexibility index (Phi) is 3.55. The van der Waals surface area contributed by atoms with Gasteiger partial charge in [-0.05, 0) is 23.8 Å². The monoisotopic (exact) mass is 283 g/mol. The highest BCUT2D eigenvalue weighted by Gasteiger charge is 2.14. The van der Waals surface area contributed by atoms with E-state index in [4.69, 9.17) is 28.9 Å². The molecule has 18 heavy (non-hydrogen) atoms. The van der Waals surface area contributed by atoms with Crippen molar-refractivity contribution in [1.82, 2.24) is 0 Å². The molecule has 2 rings (SSSR count). The maximum atomic E-state index is 13.1. The molecule has 0 unspecified atom stereocenters. The molecule has 2 nitrogen and oxygen atoms in total. The molecule has 0 aliphatic rings. The lowest BCUT2D eigenvalue weighted by atomic mass is 9.99. The number of primary amides is 1. The molecule has 0 atom stereocenters. The largest absolute Gasteiger partial charge is 0.366 e. The van der Waals surface area contributed by atoms with Crippen LogP contribution in [0.3, 0.4) is 0 Å². The fourth-order valence-electron chi connectivity index (χ4n) is 1.67. The fourth-order valence-corrected chi connectivity index (χ4v) is 2.07. The molecule has 2 N–H and O–H groups in total. The summed E-state index contributed by atoms with van der Waals surface area (Å²) in [6, 6.07) is 8.77. The van der Waals surface area contributed by atoms with Gasteiger partial charge in [-0.3, -0.25) is 4.79 Å². The van der Waals surface area contributed by atoms with Crippen LogP contribution in [0, 0.1) is 5.82 Å². The Hall–Kier alpha value is -1.58. The van der Waals surface area contributed by atoms with Crippen molar-refractivity contribution in [2.24, 2.45) is 5.73 Å². The molecule has 0 bridgehead atoms. The van der Waals surface area contributed by atoms with Crippen molar-refractivity contribution in [1.29, 1.82) is 0 Å². The van der Waals surface area contributed by atoms with Crippen molar-refractivity contribution < 1.29 is 9.18 Å². The Morgan fingerprint density at radius 3 is 2.50 bits per heavy atom. The number of rotatable bonds is 2. The number of hydrogen-bond acceptors (Lipinski definition) is 1. The predicted octanol–water partition coefficient (Wildman–Crippen LogP) is 3.90. The van der Waals surface area contributed by atoms with Crippen molar-refractivity contribution in [2.45, 2.75) is 0 Å². The number of carbonyl (C=O) groups is 1. The molecule has 2 aromatic rings. The van der Waals surface area contributed by atoms with Gasteiger partial charge in [0.2, 0.25) is 5.91 Å². The van der Waals surface area contributed by atoms with E-state index in [-0.39, 0.29) is 5.56 Å². The van der Waals surface area contributed by atoms with Gasteiger partial charge >= 0.3 is 0 Å². The second-order valence-electron chi connectivity index (χ2n) is 3.66. The highest BCUT2D eigenvalue weighted by Crippen LogP contribution is 2.35. The van der Waals surface area contributed by atoms with Gasteiger partial charge in [0.1, 0.15) is 5.82 Å². The van der Waals surface area contributed by atoms with Crippen molar-refractivity contribution in [3.05, 3.63) is 57.8 Å². The summed E-state index contributed by atoms with van der Waals surface area (Å²) >= 11 is 12.0. The average molecular weight is 284 g/mol. The van der Waals surface area contributed by atoms with Crippen LogP contribution in [-0.2, 0) is 0 Å². The van der Waals surface area contributed by atoms with Gasteiger partial charge in [0.15, 0.2) is 0 Å². The van der Waals surface area contributed by atoms with Crippen LogP contribution < -0.4 is 5.73 Å². The van der Waals surface area contributed by atoms with Gasteiger partial charge in [-0.1, -0.05) is 41.4 Å². The molecular weight excluding hydrogens is 276 g/mol. The third-order valence-corrected chi connectivity index (χ3v) is 3.31. The first-order chi connectivity index (χ1) is 8.50. The SMILES string of the molecule is NC(=O)c1cc(F)ccc1-c1cccc(Cl)c1Cl. The van der Waals surface area contributed by atoms with Crippen LogP contribution in [0.2, 0.25) is 10.0 Å². The highest BCUT2D eigenvalue weighted by molar-refractivity contribution is 6.43. The molecule has 5 heteroatoms. The summed E-state index contributed by atoms with van der Waals surface area (Å²) in [5.41, 5.74) is 6.29. The quantitative estimate of drug-likeness (QED) is 0.893. The van der Waals surface area contributed by atoms with Crippen molar-refractivity contribution >= 4 is 29.1 Å². The van der Waals surface area contributed by atoms with Gasteiger partial charge in [-0.15, -0.1) is 0 Å². The minimum Gasteiger partial charge on any atom is -0.366 e. The molecule has 0 aliphatic heterocycles. The fraction of sp³-hybridized carbons (Fsp3) is 0. The van der Waals surface area contributed by atoms with Crippen molar-refractivity contribution in [2.75, 3.05) is 0 Å². The number of nitrogens with two attached hydrogens (primary N) is 1. The van der Waals surface area contributed by atoms with Gasteiger partial charge in [0.25, 0.3) is 0 Å². The smallest absolute Gasteiger partial charge is 0.249 e. The van der Waals surface area contributed by atoms with E-state index in [1.165, 1.54) is 12.1 Å². The molecular formula is C13H8Cl2FNO. The normalized spacial score (nSPS) is 10.4. The summed E-state index contributed by atoms with van der Waals surface area (Å²) in [4.78, 5) is 11.3. The summed E-state index contributed by atoms with van der Waals surface area (Å²) in [5.74, 6) is -1.26. The first-order valence-corrected chi connectivity index (χ1v) is 5.80. The first-order valence-electron chi connectivity index (χ1n) is 5.04. The average Bonchev–Trinajstić information content (AvgIpc) is 2.33. The lowest BCUT2D eigenvalue weighted by molar-refractivity contribution is 0.100. The first kappa shape index (κ1) is 12.9. The van der Waals surface area contributed by atoms with E-state index in [1.54, 1.807) is 18.2 Å². The summed E-state index contributed by atoms with van der Waals surface area (Å²) in [7, 11) is 0. The molecule has 0 spiro atoms. The Labute approximate surface area is 113 Å². The minimum absolute atomic E-state index is 0.0687. The van der Waals surface area contributed by atoms with Gasteiger partial charge in [0.05, 0.1) is 10.0 Å². The standard InChI is InChI=1S/C13H8Cl2FNO/c14-11-3-1-2-9(12(11)15)8-5-4-7(16)6-10(8)13(17)18/h1-6H,(H2,17,18). The zero-order valence-corrected chi connectivity index (χ0v) is 10.6. The van der Waals surface area contributed by atoms with Crippen LogP contribution in [0.4, 0.5) is 4.39 Å². The highest BCUT2D eigenvalue weighted by atomic mass is 35.5. The van der Waals surface area contributed by atoms with Crippen molar-refractivity contribution in [3.8, 4) is 11.1 Å². The second kappa shape index (κ2) is 4.96. The molecule has 2 aromatic carbocycles. The third kappa shape index (κ3) is 2.33. The lowest BCUT2D eigenvalue weighted by Gasteiger charge is -2.09. The number of benzene rings is 2. The number of carbonyl (C=O) groups excluding carboxylic acids is 1. The van der Waals surface area contributed by atoms with E-state index in [1.807, 2.05) is 0 Å². The van der Waals surface area contributed by atoms with E-state index >= 15 is 0 Å². The van der Waals surface area contributed by atoms with Crippen molar-refractivity contribution in [3.63, 3.8) is 0 Å². The molecule has 0 aliphatic carbocycles. The Morgan fingerprint density at radius 1 is 1.11 bits per heavy atom. The maximum Gasteiger partial charge on any atom is 0.249 e. The second-order valence-corrected chi connectivity index (χ2v) is 4.44. The summed E-state index contributed by atoms with van der Waals surface area (Å²) in [5, 5.41) is 0.655. The van der Waals surface area contributed by atoms with Gasteiger partial charge in [-0.25, -0.2) is 4.39 Å². The molecule has 0 saturated heterocycles. The van der Waals surface area contributed by atoms with Crippen LogP contribution in [0.15, 0.2) is 36.4 Å². The van der Waals surface area contributed by atoms with E-state index in [9.17, 15) is 9.18 Å². The number of amides is 1. The van der Waals surface area contributed by atoms with E-state index in [0.29, 0.717) is 21.2 Å². The Bertz CT molecular complexity index is 628. The topological polar surface area (TPSA) is 43.1 Å². The predicted molar refractivity (Wildman–Crippen MR) is 70.4 cm³/mol. The number of hydrogen-bond donors (Lipinski definition) is 1. The molecule has 0 fully saturated rings. The van der Waals surface area contributed by atoms with Gasteiger partial charge < -0.3 is 5.73 Å². The molecule has 1 amide bonds. The van der Waals surface area contributed by atoms with E-state index < -0.39 is 11.7 Å². The third-order valence-electron chi connectivity index (χ3n) is 2.49. The summed E-state index contributed by atoms with van der Waals surface area (Å²) in [6.45, 7) is 0. The van der Waals surface area contributed by atoms with Gasteiger partial charge in [-0.2, -0.15) is 0 Å². The minimum atomic E-state index is -0.722. The van der Waals surface area contributed by atoms with Crippen LogP contribution in [0.25, 0.3) is 11.1 Å². The van der Waals surface area contributed by atoms with Gasteiger partial charge in [0, 0.05) is 11.1 Å². The number of halogens is 3. The lowest BCUT2D eigenvalue weighted by Crippen LogP contribution is -2.12. The Morgan fingerprint density at radius 2 is 1.83 bits per heavy atom. The maximum absolute atomic E-state index is 13.1. The molecule has 0 aromatic heterocycles. The summed E-state index contributed by atoms with van der Waals surface area (Å²) < 4.78 is 13.1. The van der Waals surface area contributed by atoms with Crippen LogP contribution in [-0.4, -0.2) is 5.91 Å². The summed E-state index contributed by atoms with van der Waals surface area (Å²) in [6.07, 6.45) is 0. The zero-order valence-electron chi connectivity index (χ0n) is 9.08. The Balaban J connectivity index is 2.71. The van der Waals surface area contributed by atoms with Crippen LogP contribution in [0.1, 0.15) is 10.4 Å². The zero-order chi connectivity index (χ0) is 13.3. The van der Waals surface area contributed by atoms with E-state index in [0.717, 1.165) is 6.07 Å². The van der Waals surface area contributed by atoms with Crippen LogP contribution >= 0.6 is 23.2 Å². The molecule has 92 valence electrons.